The summed E-state index contributed by atoms with van der Waals surface area (Å²) in [7, 11) is 0. The molecular weight excluding hydrogens is 397 g/mol. The fourth-order valence-corrected chi connectivity index (χ4v) is 3.71. The van der Waals surface area contributed by atoms with Crippen molar-refractivity contribution in [3.63, 3.8) is 0 Å². The van der Waals surface area contributed by atoms with Crippen molar-refractivity contribution in [1.82, 2.24) is 15.1 Å². The van der Waals surface area contributed by atoms with Crippen LogP contribution in [0, 0.1) is 5.82 Å². The molecule has 1 aliphatic rings. The predicted octanol–water partition coefficient (Wildman–Crippen LogP) is 4.01. The second-order valence-corrected chi connectivity index (χ2v) is 7.70. The maximum absolute atomic E-state index is 13.3. The Labute approximate surface area is 179 Å². The van der Waals surface area contributed by atoms with Crippen molar-refractivity contribution >= 4 is 5.91 Å². The van der Waals surface area contributed by atoms with E-state index in [1.165, 1.54) is 35.4 Å². The van der Waals surface area contributed by atoms with Gasteiger partial charge in [-0.2, -0.15) is 4.68 Å². The number of ether oxygens (including phenoxy) is 1. The summed E-state index contributed by atoms with van der Waals surface area (Å²) in [5.74, 6) is -0.208. The molecule has 1 N–H and O–H groups in total. The number of carbonyl (C=O) groups is 1. The number of aromatic nitrogens is 2. The lowest BCUT2D eigenvalue weighted by Crippen LogP contribution is -2.36. The Kier molecular flexibility index (Phi) is 6.40. The molecule has 1 amide bonds. The second kappa shape index (κ2) is 9.55. The first-order valence-electron chi connectivity index (χ1n) is 10.5. The molecule has 1 heterocycles. The number of hydrogen-bond donors (Lipinski definition) is 1. The second-order valence-electron chi connectivity index (χ2n) is 7.70. The minimum absolute atomic E-state index is 0.106. The van der Waals surface area contributed by atoms with Gasteiger partial charge >= 0.3 is 0 Å². The van der Waals surface area contributed by atoms with Crippen LogP contribution >= 0.6 is 0 Å². The number of hydrogen-bond acceptors (Lipinski definition) is 4. The Bertz CT molecular complexity index is 1110. The van der Waals surface area contributed by atoms with E-state index in [0.717, 1.165) is 25.7 Å². The average Bonchev–Trinajstić information content (AvgIpc) is 2.79. The fourth-order valence-electron chi connectivity index (χ4n) is 3.71. The number of halogens is 1. The van der Waals surface area contributed by atoms with Gasteiger partial charge in [0.05, 0.1) is 5.69 Å². The quantitative estimate of drug-likeness (QED) is 0.653. The first-order valence-corrected chi connectivity index (χ1v) is 10.5. The Morgan fingerprint density at radius 2 is 1.84 bits per heavy atom. The number of rotatable bonds is 6. The maximum atomic E-state index is 13.3. The first kappa shape index (κ1) is 20.8. The number of carbonyl (C=O) groups excluding carboxylic acids is 1. The molecular formula is C24H24FN3O3. The highest BCUT2D eigenvalue weighted by molar-refractivity contribution is 5.94. The van der Waals surface area contributed by atoms with Gasteiger partial charge in [0, 0.05) is 23.7 Å². The molecule has 1 fully saturated rings. The smallest absolute Gasteiger partial charge is 0.271 e. The van der Waals surface area contributed by atoms with Gasteiger partial charge in [0.15, 0.2) is 0 Å². The van der Waals surface area contributed by atoms with Crippen LogP contribution in [0.15, 0.2) is 65.5 Å². The van der Waals surface area contributed by atoms with E-state index >= 15 is 0 Å². The zero-order valence-electron chi connectivity index (χ0n) is 17.1. The van der Waals surface area contributed by atoms with Crippen molar-refractivity contribution in [2.24, 2.45) is 0 Å². The lowest BCUT2D eigenvalue weighted by atomic mass is 9.95. The highest BCUT2D eigenvalue weighted by atomic mass is 19.1. The third-order valence-electron chi connectivity index (χ3n) is 5.37. The lowest BCUT2D eigenvalue weighted by molar-refractivity contribution is 0.0927. The normalized spacial score (nSPS) is 14.2. The molecule has 0 spiro atoms. The summed E-state index contributed by atoms with van der Waals surface area (Å²) in [4.78, 5) is 24.8. The van der Waals surface area contributed by atoms with Crippen LogP contribution in [0.4, 0.5) is 4.39 Å². The molecule has 160 valence electrons. The van der Waals surface area contributed by atoms with Crippen molar-refractivity contribution in [1.29, 1.82) is 0 Å². The SMILES string of the molecule is O=C(NC1CCCCC1)c1ccc(-n2nc(OCc3cccc(F)c3)ccc2=O)cc1. The van der Waals surface area contributed by atoms with Crippen LogP contribution in [-0.4, -0.2) is 21.7 Å². The first-order chi connectivity index (χ1) is 15.1. The van der Waals surface area contributed by atoms with E-state index in [9.17, 15) is 14.0 Å². The summed E-state index contributed by atoms with van der Waals surface area (Å²) >= 11 is 0. The van der Waals surface area contributed by atoms with Crippen LogP contribution in [0.2, 0.25) is 0 Å². The zero-order valence-corrected chi connectivity index (χ0v) is 17.1. The zero-order chi connectivity index (χ0) is 21.6. The number of amides is 1. The summed E-state index contributed by atoms with van der Waals surface area (Å²) in [6.45, 7) is 0.128. The van der Waals surface area contributed by atoms with E-state index in [1.54, 1.807) is 36.4 Å². The van der Waals surface area contributed by atoms with E-state index in [-0.39, 0.29) is 35.8 Å². The molecule has 1 saturated carbocycles. The third-order valence-corrected chi connectivity index (χ3v) is 5.37. The van der Waals surface area contributed by atoms with Crippen LogP contribution in [-0.2, 0) is 6.61 Å². The van der Waals surface area contributed by atoms with Crippen LogP contribution in [0.5, 0.6) is 5.88 Å². The standard InChI is InChI=1S/C24H24FN3O3/c25-19-6-4-5-17(15-19)16-31-22-13-14-23(29)28(27-22)21-11-9-18(10-12-21)24(30)26-20-7-2-1-3-8-20/h4-6,9-15,20H,1-3,7-8,16H2,(H,26,30). The van der Waals surface area contributed by atoms with Gasteiger partial charge in [-0.05, 0) is 54.8 Å². The van der Waals surface area contributed by atoms with Gasteiger partial charge in [-0.15, -0.1) is 5.10 Å². The molecule has 0 unspecified atom stereocenters. The Morgan fingerprint density at radius 3 is 2.58 bits per heavy atom. The van der Waals surface area contributed by atoms with Gasteiger partial charge in [-0.1, -0.05) is 31.4 Å². The van der Waals surface area contributed by atoms with E-state index in [2.05, 4.69) is 10.4 Å². The molecule has 0 atom stereocenters. The molecule has 3 aromatic rings. The topological polar surface area (TPSA) is 73.2 Å². The molecule has 1 aliphatic carbocycles. The monoisotopic (exact) mass is 421 g/mol. The number of nitrogens with one attached hydrogen (secondary N) is 1. The summed E-state index contributed by atoms with van der Waals surface area (Å²) in [5.41, 5.74) is 1.40. The molecule has 31 heavy (non-hydrogen) atoms. The molecule has 0 radical (unpaired) electrons. The molecule has 6 nitrogen and oxygen atoms in total. The Hall–Kier alpha value is -3.48. The van der Waals surface area contributed by atoms with Crippen molar-refractivity contribution in [2.45, 2.75) is 44.8 Å². The van der Waals surface area contributed by atoms with Gasteiger partial charge in [-0.25, -0.2) is 4.39 Å². The van der Waals surface area contributed by atoms with Crippen LogP contribution < -0.4 is 15.6 Å². The Morgan fingerprint density at radius 1 is 1.06 bits per heavy atom. The number of nitrogens with zero attached hydrogens (tertiary/aromatic N) is 2. The van der Waals surface area contributed by atoms with Crippen LogP contribution in [0.1, 0.15) is 48.0 Å². The van der Waals surface area contributed by atoms with Crippen molar-refractivity contribution in [3.05, 3.63) is 88.0 Å². The summed E-state index contributed by atoms with van der Waals surface area (Å²) in [6.07, 6.45) is 5.57. The largest absolute Gasteiger partial charge is 0.472 e. The molecule has 1 aromatic heterocycles. The summed E-state index contributed by atoms with van der Waals surface area (Å²) in [5, 5.41) is 7.32. The molecule has 0 saturated heterocycles. The van der Waals surface area contributed by atoms with Gasteiger partial charge in [0.25, 0.3) is 11.5 Å². The van der Waals surface area contributed by atoms with E-state index in [4.69, 9.17) is 4.74 Å². The van der Waals surface area contributed by atoms with Crippen molar-refractivity contribution < 1.29 is 13.9 Å². The maximum Gasteiger partial charge on any atom is 0.271 e. The summed E-state index contributed by atoms with van der Waals surface area (Å²) < 4.78 is 20.1. The van der Waals surface area contributed by atoms with E-state index < -0.39 is 0 Å². The molecule has 0 bridgehead atoms. The van der Waals surface area contributed by atoms with Crippen molar-refractivity contribution in [3.8, 4) is 11.6 Å². The summed E-state index contributed by atoms with van der Waals surface area (Å²) in [6, 6.07) is 15.9. The number of benzene rings is 2. The highest BCUT2D eigenvalue weighted by Crippen LogP contribution is 2.18. The minimum atomic E-state index is -0.341. The van der Waals surface area contributed by atoms with Gasteiger partial charge in [0.1, 0.15) is 12.4 Å². The Balaban J connectivity index is 1.45. The minimum Gasteiger partial charge on any atom is -0.472 e. The van der Waals surface area contributed by atoms with E-state index in [1.807, 2.05) is 0 Å². The molecule has 4 rings (SSSR count). The van der Waals surface area contributed by atoms with Crippen LogP contribution in [0.25, 0.3) is 5.69 Å². The van der Waals surface area contributed by atoms with E-state index in [0.29, 0.717) is 16.8 Å². The van der Waals surface area contributed by atoms with Gasteiger partial charge in [0.2, 0.25) is 5.88 Å². The third kappa shape index (κ3) is 5.36. The molecule has 0 aliphatic heterocycles. The predicted molar refractivity (Wildman–Crippen MR) is 115 cm³/mol. The van der Waals surface area contributed by atoms with Crippen molar-refractivity contribution in [2.75, 3.05) is 0 Å². The average molecular weight is 421 g/mol. The lowest BCUT2D eigenvalue weighted by Gasteiger charge is -2.22. The highest BCUT2D eigenvalue weighted by Gasteiger charge is 2.16. The molecule has 2 aromatic carbocycles. The van der Waals surface area contributed by atoms with Crippen LogP contribution in [0.3, 0.4) is 0 Å². The fraction of sp³-hybridized carbons (Fsp3) is 0.292. The van der Waals surface area contributed by atoms with Gasteiger partial charge in [-0.3, -0.25) is 9.59 Å². The van der Waals surface area contributed by atoms with Gasteiger partial charge < -0.3 is 10.1 Å². The molecule has 7 heteroatoms.